The third-order valence-electron chi connectivity index (χ3n) is 1.97. The number of H-pyrrole nitrogens is 1. The van der Waals surface area contributed by atoms with Crippen molar-refractivity contribution in [2.75, 3.05) is 6.61 Å². The maximum atomic E-state index is 11.3. The van der Waals surface area contributed by atoms with E-state index < -0.39 is 0 Å². The van der Waals surface area contributed by atoms with E-state index in [-0.39, 0.29) is 12.4 Å². The fourth-order valence-electron chi connectivity index (χ4n) is 1.33. The highest BCUT2D eigenvalue weighted by Gasteiger charge is 2.07. The smallest absolute Gasteiger partial charge is 0.311 e. The van der Waals surface area contributed by atoms with Crippen LogP contribution in [0.15, 0.2) is 12.3 Å². The molecule has 2 heterocycles. The summed E-state index contributed by atoms with van der Waals surface area (Å²) in [6, 6.07) is 1.65. The number of nitrogens with one attached hydrogen (secondary N) is 1. The van der Waals surface area contributed by atoms with E-state index in [1.807, 2.05) is 0 Å². The van der Waals surface area contributed by atoms with Crippen LogP contribution in [-0.4, -0.2) is 32.4 Å². The van der Waals surface area contributed by atoms with E-state index in [4.69, 9.17) is 17.0 Å². The molecule has 0 radical (unpaired) electrons. The van der Waals surface area contributed by atoms with Crippen LogP contribution in [0.4, 0.5) is 0 Å². The van der Waals surface area contributed by atoms with Gasteiger partial charge in [-0.05, 0) is 13.0 Å². The highest BCUT2D eigenvalue weighted by atomic mass is 32.1. The van der Waals surface area contributed by atoms with Crippen molar-refractivity contribution in [1.82, 2.24) is 19.8 Å². The maximum Gasteiger partial charge on any atom is 0.311 e. The van der Waals surface area contributed by atoms with Gasteiger partial charge in [0.15, 0.2) is 5.65 Å². The number of carbonyl (C=O) groups is 1. The SMILES string of the molecule is CCOC(=O)Cc1cc(=S)n2[nH]ncc2n1. The van der Waals surface area contributed by atoms with Gasteiger partial charge in [0, 0.05) is 0 Å². The fraction of sp³-hybridized carbons (Fsp3) is 0.333. The molecule has 0 aliphatic rings. The molecular formula is C9H10N4O2S. The molecule has 84 valence electrons. The molecule has 7 heteroatoms. The van der Waals surface area contributed by atoms with E-state index in [1.165, 1.54) is 0 Å². The second-order valence-corrected chi connectivity index (χ2v) is 3.54. The Labute approximate surface area is 96.2 Å². The summed E-state index contributed by atoms with van der Waals surface area (Å²) >= 11 is 5.11. The van der Waals surface area contributed by atoms with E-state index in [0.29, 0.717) is 22.6 Å². The number of nitrogens with zero attached hydrogens (tertiary/aromatic N) is 3. The highest BCUT2D eigenvalue weighted by Crippen LogP contribution is 2.03. The second-order valence-electron chi connectivity index (χ2n) is 3.12. The van der Waals surface area contributed by atoms with Crippen molar-refractivity contribution in [2.45, 2.75) is 13.3 Å². The van der Waals surface area contributed by atoms with E-state index in [0.717, 1.165) is 0 Å². The van der Waals surface area contributed by atoms with Crippen molar-refractivity contribution in [2.24, 2.45) is 0 Å². The monoisotopic (exact) mass is 238 g/mol. The van der Waals surface area contributed by atoms with Crippen LogP contribution in [0.25, 0.3) is 5.65 Å². The van der Waals surface area contributed by atoms with Gasteiger partial charge in [-0.15, -0.1) is 0 Å². The maximum absolute atomic E-state index is 11.3. The first kappa shape index (κ1) is 10.7. The number of rotatable bonds is 3. The van der Waals surface area contributed by atoms with Crippen LogP contribution >= 0.6 is 12.2 Å². The van der Waals surface area contributed by atoms with Crippen LogP contribution in [0.1, 0.15) is 12.6 Å². The average molecular weight is 238 g/mol. The standard InChI is InChI=1S/C9H10N4O2S/c1-2-15-9(14)4-6-3-8(16)13-7(11-6)5-10-12-13/h3,5,12H,2,4H2,1H3. The highest BCUT2D eigenvalue weighted by molar-refractivity contribution is 7.71. The van der Waals surface area contributed by atoms with Gasteiger partial charge in [-0.1, -0.05) is 12.2 Å². The molecular weight excluding hydrogens is 228 g/mol. The molecule has 0 aromatic carbocycles. The summed E-state index contributed by atoms with van der Waals surface area (Å²) in [6.45, 7) is 2.13. The second kappa shape index (κ2) is 4.40. The Morgan fingerprint density at radius 2 is 2.50 bits per heavy atom. The van der Waals surface area contributed by atoms with Gasteiger partial charge in [0.2, 0.25) is 0 Å². The summed E-state index contributed by atoms with van der Waals surface area (Å²) in [5.41, 5.74) is 1.18. The lowest BCUT2D eigenvalue weighted by atomic mass is 10.3. The summed E-state index contributed by atoms with van der Waals surface area (Å²) in [5, 5.41) is 6.49. The van der Waals surface area contributed by atoms with Crippen molar-refractivity contribution >= 4 is 23.8 Å². The number of hydrogen-bond donors (Lipinski definition) is 1. The molecule has 0 bridgehead atoms. The quantitative estimate of drug-likeness (QED) is 0.635. The van der Waals surface area contributed by atoms with Crippen molar-refractivity contribution in [3.63, 3.8) is 0 Å². The van der Waals surface area contributed by atoms with Gasteiger partial charge in [0.05, 0.1) is 24.9 Å². The van der Waals surface area contributed by atoms with Gasteiger partial charge in [0.1, 0.15) is 4.64 Å². The van der Waals surface area contributed by atoms with Gasteiger partial charge in [-0.2, -0.15) is 5.10 Å². The van der Waals surface area contributed by atoms with Crippen LogP contribution in [0.5, 0.6) is 0 Å². The van der Waals surface area contributed by atoms with Crippen LogP contribution in [0.2, 0.25) is 0 Å². The molecule has 1 N–H and O–H groups in total. The summed E-state index contributed by atoms with van der Waals surface area (Å²) in [6.07, 6.45) is 1.67. The molecule has 0 unspecified atom stereocenters. The number of aromatic nitrogens is 4. The first-order valence-electron chi connectivity index (χ1n) is 4.78. The molecule has 0 saturated heterocycles. The number of hydrogen-bond acceptors (Lipinski definition) is 5. The van der Waals surface area contributed by atoms with Crippen LogP contribution in [-0.2, 0) is 16.0 Å². The van der Waals surface area contributed by atoms with E-state index in [1.54, 1.807) is 23.7 Å². The van der Waals surface area contributed by atoms with Crippen molar-refractivity contribution in [3.05, 3.63) is 22.6 Å². The topological polar surface area (TPSA) is 72.3 Å². The zero-order valence-electron chi connectivity index (χ0n) is 8.64. The summed E-state index contributed by atoms with van der Waals surface area (Å²) in [4.78, 5) is 15.5. The number of ether oxygens (including phenoxy) is 1. The molecule has 0 amide bonds. The average Bonchev–Trinajstić information content (AvgIpc) is 2.66. The van der Waals surface area contributed by atoms with Crippen LogP contribution < -0.4 is 0 Å². The molecule has 0 fully saturated rings. The van der Waals surface area contributed by atoms with Gasteiger partial charge in [-0.3, -0.25) is 4.79 Å². The molecule has 6 nitrogen and oxygen atoms in total. The molecule has 0 spiro atoms. The van der Waals surface area contributed by atoms with Crippen LogP contribution in [0.3, 0.4) is 0 Å². The van der Waals surface area contributed by atoms with Crippen molar-refractivity contribution in [1.29, 1.82) is 0 Å². The Morgan fingerprint density at radius 1 is 1.69 bits per heavy atom. The molecule has 0 atom stereocenters. The zero-order chi connectivity index (χ0) is 11.5. The predicted octanol–water partition coefficient (Wildman–Crippen LogP) is 0.892. The lowest BCUT2D eigenvalue weighted by molar-refractivity contribution is -0.142. The van der Waals surface area contributed by atoms with Gasteiger partial charge >= 0.3 is 5.97 Å². The molecule has 0 aliphatic heterocycles. The van der Waals surface area contributed by atoms with Gasteiger partial charge in [-0.25, -0.2) is 14.7 Å². The minimum absolute atomic E-state index is 0.124. The largest absolute Gasteiger partial charge is 0.466 e. The van der Waals surface area contributed by atoms with Gasteiger partial charge in [0.25, 0.3) is 0 Å². The van der Waals surface area contributed by atoms with Crippen molar-refractivity contribution in [3.8, 4) is 0 Å². The third-order valence-corrected chi connectivity index (χ3v) is 2.27. The Hall–Kier alpha value is -1.76. The predicted molar refractivity (Wildman–Crippen MR) is 58.5 cm³/mol. The molecule has 2 aromatic rings. The summed E-state index contributed by atoms with van der Waals surface area (Å²) in [7, 11) is 0. The van der Waals surface area contributed by atoms with Gasteiger partial charge < -0.3 is 4.74 Å². The fourth-order valence-corrected chi connectivity index (χ4v) is 1.60. The number of esters is 1. The number of carbonyl (C=O) groups excluding carboxylic acids is 1. The summed E-state index contributed by atoms with van der Waals surface area (Å²) < 4.78 is 6.92. The number of aromatic amines is 1. The van der Waals surface area contributed by atoms with E-state index >= 15 is 0 Å². The lowest BCUT2D eigenvalue weighted by Gasteiger charge is -2.01. The minimum atomic E-state index is -0.308. The minimum Gasteiger partial charge on any atom is -0.466 e. The lowest BCUT2D eigenvalue weighted by Crippen LogP contribution is -2.09. The Kier molecular flexibility index (Phi) is 2.95. The molecule has 2 rings (SSSR count). The first-order chi connectivity index (χ1) is 7.70. The molecule has 16 heavy (non-hydrogen) atoms. The Balaban J connectivity index is 2.31. The molecule has 0 saturated carbocycles. The van der Waals surface area contributed by atoms with Crippen molar-refractivity contribution < 1.29 is 9.53 Å². The Morgan fingerprint density at radius 3 is 3.25 bits per heavy atom. The first-order valence-corrected chi connectivity index (χ1v) is 5.19. The molecule has 2 aromatic heterocycles. The van der Waals surface area contributed by atoms with E-state index in [9.17, 15) is 4.79 Å². The number of fused-ring (bicyclic) bond motifs is 1. The Bertz CT molecular complexity index is 574. The van der Waals surface area contributed by atoms with E-state index in [2.05, 4.69) is 15.3 Å². The third kappa shape index (κ3) is 2.08. The summed E-state index contributed by atoms with van der Waals surface area (Å²) in [5.74, 6) is -0.308. The van der Waals surface area contributed by atoms with Crippen LogP contribution in [0, 0.1) is 4.64 Å². The molecule has 0 aliphatic carbocycles. The zero-order valence-corrected chi connectivity index (χ0v) is 9.45. The normalized spacial score (nSPS) is 10.6.